The average molecular weight is 198 g/mol. The lowest BCUT2D eigenvalue weighted by Crippen LogP contribution is -2.51. The van der Waals surface area contributed by atoms with Gasteiger partial charge in [0.2, 0.25) is 0 Å². The third kappa shape index (κ3) is 2.00. The molecule has 0 aromatic carbocycles. The maximum Gasteiger partial charge on any atom is 0.408 e. The minimum atomic E-state index is -0.273. The molecule has 0 spiro atoms. The quantitative estimate of drug-likeness (QED) is 0.724. The normalized spacial score (nSPS) is 35.4. The zero-order valence-corrected chi connectivity index (χ0v) is 8.66. The van der Waals surface area contributed by atoms with Gasteiger partial charge in [-0.25, -0.2) is 4.79 Å². The Labute approximate surface area is 84.6 Å². The van der Waals surface area contributed by atoms with Crippen LogP contribution in [0.25, 0.3) is 0 Å². The number of fused-ring (bicyclic) bond motifs is 3. The van der Waals surface area contributed by atoms with Gasteiger partial charge in [0.05, 0.1) is 0 Å². The zero-order valence-electron chi connectivity index (χ0n) is 8.66. The van der Waals surface area contributed by atoms with E-state index in [1.807, 2.05) is 6.92 Å². The molecule has 4 heteroatoms. The Morgan fingerprint density at radius 3 is 2.71 bits per heavy atom. The molecule has 3 rings (SSSR count). The third-order valence-electron chi connectivity index (χ3n) is 3.16. The van der Waals surface area contributed by atoms with Crippen molar-refractivity contribution in [2.75, 3.05) is 19.6 Å². The topological polar surface area (TPSA) is 41.6 Å². The lowest BCUT2D eigenvalue weighted by Gasteiger charge is -2.44. The second-order valence-electron chi connectivity index (χ2n) is 4.11. The molecule has 1 amide bonds. The lowest BCUT2D eigenvalue weighted by molar-refractivity contribution is -0.0828. The van der Waals surface area contributed by atoms with Crippen LogP contribution < -0.4 is 5.32 Å². The first kappa shape index (κ1) is 9.77. The highest BCUT2D eigenvalue weighted by molar-refractivity contribution is 5.67. The van der Waals surface area contributed by atoms with Crippen molar-refractivity contribution in [1.29, 1.82) is 0 Å². The van der Waals surface area contributed by atoms with Gasteiger partial charge in [0, 0.05) is 26.1 Å². The van der Waals surface area contributed by atoms with Crippen molar-refractivity contribution in [2.45, 2.75) is 32.4 Å². The van der Waals surface area contributed by atoms with Crippen molar-refractivity contribution >= 4 is 6.09 Å². The van der Waals surface area contributed by atoms with Crippen molar-refractivity contribution < 1.29 is 9.53 Å². The standard InChI is InChI=1S/C10H18N2O2/c1-2-11-10(13)14-9-7-8-3-5-12(9)6-4-8/h8-9H,2-7H2,1H3,(H,11,13). The van der Waals surface area contributed by atoms with Crippen LogP contribution in [-0.2, 0) is 4.74 Å². The van der Waals surface area contributed by atoms with Crippen molar-refractivity contribution in [3.05, 3.63) is 0 Å². The molecule has 0 saturated carbocycles. The number of carbonyl (C=O) groups is 1. The molecule has 3 fully saturated rings. The summed E-state index contributed by atoms with van der Waals surface area (Å²) in [5.74, 6) is 0.777. The fourth-order valence-electron chi connectivity index (χ4n) is 2.34. The van der Waals surface area contributed by atoms with Crippen LogP contribution in [0.5, 0.6) is 0 Å². The van der Waals surface area contributed by atoms with Crippen LogP contribution in [0.3, 0.4) is 0 Å². The molecule has 0 radical (unpaired) electrons. The molecule has 4 nitrogen and oxygen atoms in total. The largest absolute Gasteiger partial charge is 0.430 e. The summed E-state index contributed by atoms with van der Waals surface area (Å²) in [6.45, 7) is 4.72. The van der Waals surface area contributed by atoms with Gasteiger partial charge in [-0.05, 0) is 25.7 Å². The van der Waals surface area contributed by atoms with E-state index in [9.17, 15) is 4.79 Å². The molecular weight excluding hydrogens is 180 g/mol. The van der Waals surface area contributed by atoms with E-state index in [2.05, 4.69) is 10.2 Å². The van der Waals surface area contributed by atoms with Crippen LogP contribution >= 0.6 is 0 Å². The number of nitrogens with one attached hydrogen (secondary N) is 1. The first-order valence-corrected chi connectivity index (χ1v) is 5.48. The number of rotatable bonds is 2. The van der Waals surface area contributed by atoms with E-state index in [0.29, 0.717) is 6.54 Å². The fraction of sp³-hybridized carbons (Fsp3) is 0.900. The first-order valence-electron chi connectivity index (χ1n) is 5.48. The van der Waals surface area contributed by atoms with Crippen LogP contribution in [-0.4, -0.2) is 36.9 Å². The van der Waals surface area contributed by atoms with Gasteiger partial charge < -0.3 is 10.1 Å². The molecule has 3 heterocycles. The Hall–Kier alpha value is -0.770. The molecule has 0 aromatic rings. The highest BCUT2D eigenvalue weighted by Crippen LogP contribution is 2.32. The molecule has 80 valence electrons. The summed E-state index contributed by atoms with van der Waals surface area (Å²) in [5, 5.41) is 2.66. The van der Waals surface area contributed by atoms with Gasteiger partial charge in [0.25, 0.3) is 0 Å². The molecule has 0 aromatic heterocycles. The Morgan fingerprint density at radius 1 is 1.50 bits per heavy atom. The van der Waals surface area contributed by atoms with Crippen molar-refractivity contribution in [3.63, 3.8) is 0 Å². The summed E-state index contributed by atoms with van der Waals surface area (Å²) in [7, 11) is 0. The van der Waals surface area contributed by atoms with E-state index in [1.165, 1.54) is 12.8 Å². The van der Waals surface area contributed by atoms with E-state index in [-0.39, 0.29) is 12.3 Å². The Balaban J connectivity index is 1.83. The molecular formula is C10H18N2O2. The predicted octanol–water partition coefficient (Wildman–Crippen LogP) is 1.17. The minimum Gasteiger partial charge on any atom is -0.430 e. The molecule has 3 aliphatic heterocycles. The minimum absolute atomic E-state index is 0.0362. The molecule has 2 bridgehead atoms. The second kappa shape index (κ2) is 4.17. The number of carbonyl (C=O) groups excluding carboxylic acids is 1. The molecule has 14 heavy (non-hydrogen) atoms. The summed E-state index contributed by atoms with van der Waals surface area (Å²) in [4.78, 5) is 13.5. The summed E-state index contributed by atoms with van der Waals surface area (Å²) >= 11 is 0. The van der Waals surface area contributed by atoms with Crippen molar-refractivity contribution in [3.8, 4) is 0 Å². The average Bonchev–Trinajstić information content (AvgIpc) is 2.19. The van der Waals surface area contributed by atoms with Gasteiger partial charge in [0.1, 0.15) is 0 Å². The van der Waals surface area contributed by atoms with Gasteiger partial charge in [-0.1, -0.05) is 0 Å². The number of amides is 1. The number of ether oxygens (including phenoxy) is 1. The number of alkyl carbamates (subject to hydrolysis) is 1. The molecule has 3 saturated heterocycles. The summed E-state index contributed by atoms with van der Waals surface area (Å²) < 4.78 is 5.34. The molecule has 3 aliphatic rings. The third-order valence-corrected chi connectivity index (χ3v) is 3.16. The monoisotopic (exact) mass is 198 g/mol. The molecule has 1 atom stereocenters. The Kier molecular flexibility index (Phi) is 2.91. The second-order valence-corrected chi connectivity index (χ2v) is 4.11. The number of piperidine rings is 3. The Bertz CT molecular complexity index is 212. The summed E-state index contributed by atoms with van der Waals surface area (Å²) in [6, 6.07) is 0. The fourth-order valence-corrected chi connectivity index (χ4v) is 2.34. The van der Waals surface area contributed by atoms with Crippen LogP contribution in [0.4, 0.5) is 4.79 Å². The smallest absolute Gasteiger partial charge is 0.408 e. The molecule has 0 aliphatic carbocycles. The summed E-state index contributed by atoms with van der Waals surface area (Å²) in [5.41, 5.74) is 0. The summed E-state index contributed by atoms with van der Waals surface area (Å²) in [6.07, 6.45) is 3.33. The molecule has 1 N–H and O–H groups in total. The highest BCUT2D eigenvalue weighted by atomic mass is 16.6. The maximum atomic E-state index is 11.2. The van der Waals surface area contributed by atoms with Gasteiger partial charge in [-0.15, -0.1) is 0 Å². The van der Waals surface area contributed by atoms with Crippen LogP contribution in [0.1, 0.15) is 26.2 Å². The Morgan fingerprint density at radius 2 is 2.21 bits per heavy atom. The first-order chi connectivity index (χ1) is 6.79. The van der Waals surface area contributed by atoms with Crippen LogP contribution in [0.2, 0.25) is 0 Å². The predicted molar refractivity (Wildman–Crippen MR) is 52.9 cm³/mol. The van der Waals surface area contributed by atoms with Gasteiger partial charge >= 0.3 is 6.09 Å². The van der Waals surface area contributed by atoms with E-state index < -0.39 is 0 Å². The maximum absolute atomic E-state index is 11.2. The lowest BCUT2D eigenvalue weighted by atomic mass is 9.87. The SMILES string of the molecule is CCNC(=O)OC1CC2CCN1CC2. The van der Waals surface area contributed by atoms with Gasteiger partial charge in [0.15, 0.2) is 6.23 Å². The highest BCUT2D eigenvalue weighted by Gasteiger charge is 2.35. The van der Waals surface area contributed by atoms with Crippen molar-refractivity contribution in [1.82, 2.24) is 10.2 Å². The van der Waals surface area contributed by atoms with E-state index in [0.717, 1.165) is 25.4 Å². The van der Waals surface area contributed by atoms with Gasteiger partial charge in [-0.2, -0.15) is 0 Å². The van der Waals surface area contributed by atoms with Gasteiger partial charge in [-0.3, -0.25) is 4.90 Å². The van der Waals surface area contributed by atoms with Crippen LogP contribution in [0.15, 0.2) is 0 Å². The van der Waals surface area contributed by atoms with Crippen LogP contribution in [0, 0.1) is 5.92 Å². The number of hydrogen-bond donors (Lipinski definition) is 1. The molecule has 1 unspecified atom stereocenters. The van der Waals surface area contributed by atoms with E-state index >= 15 is 0 Å². The van der Waals surface area contributed by atoms with E-state index in [4.69, 9.17) is 4.74 Å². The number of nitrogens with zero attached hydrogens (tertiary/aromatic N) is 1. The number of hydrogen-bond acceptors (Lipinski definition) is 3. The van der Waals surface area contributed by atoms with Crippen molar-refractivity contribution in [2.24, 2.45) is 5.92 Å². The zero-order chi connectivity index (χ0) is 9.97. The van der Waals surface area contributed by atoms with E-state index in [1.54, 1.807) is 0 Å².